The van der Waals surface area contributed by atoms with E-state index < -0.39 is 37.5 Å². The fourth-order valence-corrected chi connectivity index (χ4v) is 8.06. The van der Waals surface area contributed by atoms with E-state index >= 15 is 0 Å². The highest BCUT2D eigenvalue weighted by Gasteiger charge is 2.30. The van der Waals surface area contributed by atoms with E-state index in [1.54, 1.807) is 39.0 Å². The highest BCUT2D eigenvalue weighted by atomic mass is 35.5. The van der Waals surface area contributed by atoms with Gasteiger partial charge in [-0.15, -0.1) is 0 Å². The van der Waals surface area contributed by atoms with Crippen molar-refractivity contribution in [2.24, 2.45) is 0 Å². The van der Waals surface area contributed by atoms with Crippen molar-refractivity contribution in [2.45, 2.75) is 116 Å². The number of phosphoric ester groups is 1. The summed E-state index contributed by atoms with van der Waals surface area (Å²) in [5.41, 5.74) is 2.82. The van der Waals surface area contributed by atoms with E-state index in [1.165, 1.54) is 6.07 Å². The van der Waals surface area contributed by atoms with Crippen LogP contribution < -0.4 is 20.5 Å². The standard InChI is InChI=1S/C45H59ClN5O8P/c1-45(2,3)58-44(54)51-40(29-33-31-49-38-24-16-13-21-35(33)38)43(53)50-39(28-32-30-48-37-23-15-12-20-34(32)37)42(52)47-26-18-10-8-6-4-5-7-9-11-19-27-57-60(55,56)59-41-25-17-14-22-36(41)46/h12-17,20-25,30-31,39-40,48-49H,4-11,18-19,26-29H2,1-3H3,(H,47,52)(H,50,53)(H,51,54)(H,55,56)/t39-,40-/m0/s1. The van der Waals surface area contributed by atoms with Gasteiger partial charge in [-0.3, -0.25) is 19.0 Å². The fourth-order valence-electron chi connectivity index (χ4n) is 7.01. The smallest absolute Gasteiger partial charge is 0.444 e. The number of rotatable bonds is 24. The van der Waals surface area contributed by atoms with Crippen molar-refractivity contribution in [3.63, 3.8) is 0 Å². The van der Waals surface area contributed by atoms with Crippen LogP contribution in [-0.2, 0) is 36.3 Å². The number of halogens is 1. The van der Waals surface area contributed by atoms with E-state index in [0.29, 0.717) is 13.0 Å². The molecule has 5 aromatic rings. The zero-order valence-electron chi connectivity index (χ0n) is 34.8. The van der Waals surface area contributed by atoms with Gasteiger partial charge >= 0.3 is 13.9 Å². The Balaban J connectivity index is 1.06. The second-order valence-corrected chi connectivity index (χ2v) is 17.8. The molecule has 324 valence electrons. The number of hydrogen-bond donors (Lipinski definition) is 6. The van der Waals surface area contributed by atoms with Crippen LogP contribution in [0.4, 0.5) is 4.79 Å². The molecule has 0 saturated carbocycles. The van der Waals surface area contributed by atoms with Crippen LogP contribution in [0.15, 0.2) is 85.2 Å². The Morgan fingerprint density at radius 3 is 1.77 bits per heavy atom. The lowest BCUT2D eigenvalue weighted by Crippen LogP contribution is -2.55. The normalized spacial score (nSPS) is 13.7. The van der Waals surface area contributed by atoms with Gasteiger partial charge in [0.05, 0.1) is 11.6 Å². The number of aromatic nitrogens is 2. The SMILES string of the molecule is CC(C)(C)OC(=O)N[C@@H](Cc1c[nH]c2ccccc12)C(=O)N[C@@H](Cc1c[nH]c2ccccc12)C(=O)NCCCCCCCCCCCCOP(=O)(O)Oc1ccccc1Cl. The molecule has 0 radical (unpaired) electrons. The second kappa shape index (κ2) is 22.7. The molecule has 0 aliphatic heterocycles. The van der Waals surface area contributed by atoms with E-state index in [4.69, 9.17) is 25.4 Å². The van der Waals surface area contributed by atoms with E-state index in [1.807, 2.05) is 60.9 Å². The zero-order chi connectivity index (χ0) is 43.0. The van der Waals surface area contributed by atoms with Crippen molar-refractivity contribution in [3.05, 3.63) is 101 Å². The van der Waals surface area contributed by atoms with Gasteiger partial charge in [-0.25, -0.2) is 9.36 Å². The molecule has 0 spiro atoms. The monoisotopic (exact) mass is 863 g/mol. The molecule has 5 rings (SSSR count). The first kappa shape index (κ1) is 46.3. The van der Waals surface area contributed by atoms with Crippen LogP contribution in [0, 0.1) is 0 Å². The third kappa shape index (κ3) is 15.0. The van der Waals surface area contributed by atoms with Crippen molar-refractivity contribution in [2.75, 3.05) is 13.2 Å². The number of benzene rings is 3. The third-order valence-corrected chi connectivity index (χ3v) is 11.3. The minimum absolute atomic E-state index is 0.112. The Morgan fingerprint density at radius 2 is 1.20 bits per heavy atom. The van der Waals surface area contributed by atoms with Crippen molar-refractivity contribution in [1.29, 1.82) is 0 Å². The minimum Gasteiger partial charge on any atom is -0.444 e. The van der Waals surface area contributed by atoms with Crippen LogP contribution in [0.5, 0.6) is 5.75 Å². The Hall–Kier alpha value is -4.81. The van der Waals surface area contributed by atoms with E-state index in [0.717, 1.165) is 90.7 Å². The first-order chi connectivity index (χ1) is 28.8. The molecule has 15 heteroatoms. The number of carbonyl (C=O) groups is 3. The van der Waals surface area contributed by atoms with Gasteiger partial charge in [-0.05, 0) is 69.0 Å². The summed E-state index contributed by atoms with van der Waals surface area (Å²) in [6.07, 6.45) is 13.1. The summed E-state index contributed by atoms with van der Waals surface area (Å²) in [4.78, 5) is 57.3. The number of phosphoric acid groups is 1. The Kier molecular flexibility index (Phi) is 17.5. The molecule has 0 saturated heterocycles. The molecular formula is C45H59ClN5O8P. The predicted octanol–water partition coefficient (Wildman–Crippen LogP) is 9.68. The van der Waals surface area contributed by atoms with Crippen LogP contribution in [-0.4, -0.2) is 63.6 Å². The number of unbranched alkanes of at least 4 members (excludes halogenated alkanes) is 9. The quantitative estimate of drug-likeness (QED) is 0.0262. The van der Waals surface area contributed by atoms with Gasteiger partial charge in [0.25, 0.3) is 0 Å². The molecule has 0 fully saturated rings. The summed E-state index contributed by atoms with van der Waals surface area (Å²) < 4.78 is 27.9. The lowest BCUT2D eigenvalue weighted by atomic mass is 10.0. The number of carbonyl (C=O) groups excluding carboxylic acids is 3. The number of aromatic amines is 2. The molecule has 2 heterocycles. The summed E-state index contributed by atoms with van der Waals surface area (Å²) in [6, 6.07) is 20.1. The predicted molar refractivity (Wildman–Crippen MR) is 236 cm³/mol. The largest absolute Gasteiger partial charge is 0.527 e. The number of para-hydroxylation sites is 3. The fraction of sp³-hybridized carbons (Fsp3) is 0.444. The first-order valence-corrected chi connectivity index (χ1v) is 22.7. The average Bonchev–Trinajstić information content (AvgIpc) is 3.81. The number of fused-ring (bicyclic) bond motifs is 2. The van der Waals surface area contributed by atoms with Gasteiger partial charge in [0.15, 0.2) is 0 Å². The zero-order valence-corrected chi connectivity index (χ0v) is 36.4. The average molecular weight is 864 g/mol. The topological polar surface area (TPSA) is 184 Å². The molecule has 0 aliphatic rings. The summed E-state index contributed by atoms with van der Waals surface area (Å²) in [6.45, 7) is 5.88. The molecule has 2 aromatic heterocycles. The van der Waals surface area contributed by atoms with Crippen LogP contribution in [0.1, 0.15) is 96.1 Å². The van der Waals surface area contributed by atoms with Gasteiger partial charge in [-0.2, -0.15) is 0 Å². The van der Waals surface area contributed by atoms with E-state index in [9.17, 15) is 23.8 Å². The number of alkyl carbamates (subject to hydrolysis) is 1. The van der Waals surface area contributed by atoms with Crippen molar-refractivity contribution in [3.8, 4) is 5.75 Å². The Labute approximate surface area is 357 Å². The van der Waals surface area contributed by atoms with Gasteiger partial charge < -0.3 is 35.2 Å². The maximum atomic E-state index is 14.1. The minimum atomic E-state index is -4.23. The third-order valence-electron chi connectivity index (χ3n) is 10.0. The number of nitrogens with one attached hydrogen (secondary N) is 5. The first-order valence-electron chi connectivity index (χ1n) is 20.9. The summed E-state index contributed by atoms with van der Waals surface area (Å²) >= 11 is 5.99. The number of hydrogen-bond acceptors (Lipinski definition) is 7. The van der Waals surface area contributed by atoms with Gasteiger partial charge in [0.1, 0.15) is 23.4 Å². The van der Waals surface area contributed by atoms with Gasteiger partial charge in [0, 0.05) is 53.6 Å². The molecule has 6 N–H and O–H groups in total. The summed E-state index contributed by atoms with van der Waals surface area (Å²) in [5, 5.41) is 10.9. The highest BCUT2D eigenvalue weighted by molar-refractivity contribution is 7.47. The van der Waals surface area contributed by atoms with Crippen LogP contribution in [0.3, 0.4) is 0 Å². The molecular weight excluding hydrogens is 805 g/mol. The Morgan fingerprint density at radius 1 is 0.700 bits per heavy atom. The second-order valence-electron chi connectivity index (χ2n) is 16.0. The van der Waals surface area contributed by atoms with Gasteiger partial charge in [0.2, 0.25) is 11.8 Å². The van der Waals surface area contributed by atoms with Crippen LogP contribution >= 0.6 is 19.4 Å². The molecule has 1 unspecified atom stereocenters. The molecule has 3 amide bonds. The van der Waals surface area contributed by atoms with Crippen LogP contribution in [0.2, 0.25) is 5.02 Å². The molecule has 0 aliphatic carbocycles. The number of ether oxygens (including phenoxy) is 1. The molecule has 13 nitrogen and oxygen atoms in total. The molecule has 3 aromatic carbocycles. The highest BCUT2D eigenvalue weighted by Crippen LogP contribution is 2.45. The van der Waals surface area contributed by atoms with E-state index in [-0.39, 0.29) is 36.1 Å². The lowest BCUT2D eigenvalue weighted by Gasteiger charge is -2.25. The maximum absolute atomic E-state index is 14.1. The number of H-pyrrole nitrogens is 2. The maximum Gasteiger partial charge on any atom is 0.527 e. The van der Waals surface area contributed by atoms with Crippen molar-refractivity contribution in [1.82, 2.24) is 25.9 Å². The van der Waals surface area contributed by atoms with Crippen molar-refractivity contribution >= 4 is 59.1 Å². The molecule has 60 heavy (non-hydrogen) atoms. The van der Waals surface area contributed by atoms with Gasteiger partial charge in [-0.1, -0.05) is 111 Å². The van der Waals surface area contributed by atoms with Crippen molar-refractivity contribution < 1.29 is 37.6 Å². The lowest BCUT2D eigenvalue weighted by molar-refractivity contribution is -0.130. The Bertz CT molecular complexity index is 2200. The number of amides is 3. The molecule has 0 bridgehead atoms. The van der Waals surface area contributed by atoms with Crippen LogP contribution in [0.25, 0.3) is 21.8 Å². The molecule has 3 atom stereocenters. The summed E-state index contributed by atoms with van der Waals surface area (Å²) in [5.74, 6) is -0.674. The van der Waals surface area contributed by atoms with E-state index in [2.05, 4.69) is 25.9 Å². The summed E-state index contributed by atoms with van der Waals surface area (Å²) in [7, 11) is -4.23.